The summed E-state index contributed by atoms with van der Waals surface area (Å²) in [5.74, 6) is -0.229. The van der Waals surface area contributed by atoms with Crippen LogP contribution in [0.4, 0.5) is 0 Å². The Morgan fingerprint density at radius 2 is 2.00 bits per heavy atom. The van der Waals surface area contributed by atoms with Crippen LogP contribution in [-0.2, 0) is 4.79 Å². The third-order valence-electron chi connectivity index (χ3n) is 6.68. The first kappa shape index (κ1) is 32.2. The van der Waals surface area contributed by atoms with Crippen LogP contribution in [0, 0.1) is 0 Å². The Bertz CT molecular complexity index is 1190. The largest absolute Gasteiger partial charge is 0.366 e. The fraction of sp³-hybridized carbons (Fsp3) is 0.375. The second kappa shape index (κ2) is 17.5. The van der Waals surface area contributed by atoms with Crippen molar-refractivity contribution < 1.29 is 9.59 Å². The average Bonchev–Trinajstić information content (AvgIpc) is 3.23. The van der Waals surface area contributed by atoms with Gasteiger partial charge in [-0.05, 0) is 68.8 Å². The Hall–Kier alpha value is -4.04. The summed E-state index contributed by atoms with van der Waals surface area (Å²) in [6, 6.07) is 7.40. The Kier molecular flexibility index (Phi) is 14.1. The lowest BCUT2D eigenvalue weighted by atomic mass is 9.98. The van der Waals surface area contributed by atoms with Crippen molar-refractivity contribution in [1.29, 1.82) is 0 Å². The maximum Gasteiger partial charge on any atom is 0.248 e. The van der Waals surface area contributed by atoms with Crippen LogP contribution in [0.1, 0.15) is 54.9 Å². The molecule has 0 radical (unpaired) electrons. The van der Waals surface area contributed by atoms with E-state index in [1.807, 2.05) is 33.2 Å². The minimum Gasteiger partial charge on any atom is -0.366 e. The van der Waals surface area contributed by atoms with E-state index in [9.17, 15) is 9.59 Å². The van der Waals surface area contributed by atoms with Gasteiger partial charge in [-0.25, -0.2) is 0 Å². The van der Waals surface area contributed by atoms with Gasteiger partial charge >= 0.3 is 0 Å². The molecular weight excluding hydrogens is 500 g/mol. The quantitative estimate of drug-likeness (QED) is 0.255. The average molecular weight is 545 g/mol. The van der Waals surface area contributed by atoms with Crippen LogP contribution in [0.25, 0.3) is 0 Å². The number of carbonyl (C=O) groups excluding carboxylic acids is 2. The number of benzene rings is 1. The molecule has 1 unspecified atom stereocenters. The molecule has 3 N–H and O–H groups in total. The summed E-state index contributed by atoms with van der Waals surface area (Å²) in [5, 5.41) is 4.25. The summed E-state index contributed by atoms with van der Waals surface area (Å²) < 4.78 is 0. The van der Waals surface area contributed by atoms with Crippen molar-refractivity contribution >= 4 is 24.2 Å². The van der Waals surface area contributed by atoms with Gasteiger partial charge in [0.15, 0.2) is 0 Å². The lowest BCUT2D eigenvalue weighted by molar-refractivity contribution is -0.130. The minimum absolute atomic E-state index is 0.243. The van der Waals surface area contributed by atoms with E-state index < -0.39 is 5.91 Å². The number of allylic oxidation sites excluding steroid dienone is 7. The zero-order chi connectivity index (χ0) is 29.3. The van der Waals surface area contributed by atoms with E-state index in [1.54, 1.807) is 42.4 Å². The molecule has 2 amide bonds. The van der Waals surface area contributed by atoms with Crippen molar-refractivity contribution in [3.63, 3.8) is 0 Å². The van der Waals surface area contributed by atoms with Gasteiger partial charge in [-0.15, -0.1) is 0 Å². The van der Waals surface area contributed by atoms with Crippen LogP contribution >= 0.6 is 0 Å². The fourth-order valence-electron chi connectivity index (χ4n) is 4.52. The van der Waals surface area contributed by atoms with Gasteiger partial charge in [-0.1, -0.05) is 55.0 Å². The third kappa shape index (κ3) is 10.6. The smallest absolute Gasteiger partial charge is 0.248 e. The second-order valence-corrected chi connectivity index (χ2v) is 9.79. The number of piperidine rings is 1. The summed E-state index contributed by atoms with van der Waals surface area (Å²) in [5.41, 5.74) is 12.2. The molecule has 214 valence electrons. The van der Waals surface area contributed by atoms with E-state index >= 15 is 0 Å². The summed E-state index contributed by atoms with van der Waals surface area (Å²) in [6.07, 6.45) is 21.5. The number of likely N-dealkylation sites (tertiary alicyclic amines) is 1. The van der Waals surface area contributed by atoms with Gasteiger partial charge in [0.2, 0.25) is 11.8 Å². The van der Waals surface area contributed by atoms with Gasteiger partial charge in [0.1, 0.15) is 0 Å². The summed E-state index contributed by atoms with van der Waals surface area (Å²) >= 11 is 0. The number of nitrogens with one attached hydrogen (secondary N) is 1. The third-order valence-corrected chi connectivity index (χ3v) is 6.68. The number of nitrogens with zero attached hydrogens (tertiary/aromatic N) is 4. The van der Waals surface area contributed by atoms with Crippen LogP contribution in [0.3, 0.4) is 0 Å². The number of rotatable bonds is 10. The predicted octanol–water partition coefficient (Wildman–Crippen LogP) is 4.63. The molecule has 1 heterocycles. The first-order valence-corrected chi connectivity index (χ1v) is 13.7. The zero-order valence-electron chi connectivity index (χ0n) is 24.3. The standard InChI is InChI=1S/C17H26N2O.C15H18N4O/c1-18(2)17(20)13-16-11-7-8-12-19(16)14-15-9-5-3-4-6-10-15;1-4-11(8-9-17-2)14(19-18-3)12-6-5-7-13(10-12)15(16)20/h3,5-6,9-10,16H,4,7-8,11-14H2,1-2H3;4-10,18H,2H2,1,3H3,(H2,16,20)/b;9-8-,11-4+,19-14-. The summed E-state index contributed by atoms with van der Waals surface area (Å²) in [6.45, 7) is 7.37. The molecule has 1 fully saturated rings. The first-order chi connectivity index (χ1) is 19.3. The molecule has 1 aromatic rings. The Morgan fingerprint density at radius 3 is 2.67 bits per heavy atom. The van der Waals surface area contributed by atoms with Gasteiger partial charge in [0, 0.05) is 57.5 Å². The Morgan fingerprint density at radius 1 is 1.23 bits per heavy atom. The lowest BCUT2D eigenvalue weighted by Gasteiger charge is -2.36. The molecule has 3 rings (SSSR count). The monoisotopic (exact) mass is 544 g/mol. The maximum absolute atomic E-state index is 12.0. The van der Waals surface area contributed by atoms with Crippen LogP contribution < -0.4 is 11.2 Å². The number of carbonyl (C=O) groups is 2. The number of primary amides is 1. The predicted molar refractivity (Wildman–Crippen MR) is 167 cm³/mol. The van der Waals surface area contributed by atoms with E-state index in [4.69, 9.17) is 5.73 Å². The number of hydrazone groups is 1. The van der Waals surface area contributed by atoms with E-state index in [2.05, 4.69) is 57.5 Å². The van der Waals surface area contributed by atoms with E-state index in [0.717, 1.165) is 37.1 Å². The highest BCUT2D eigenvalue weighted by Gasteiger charge is 2.25. The van der Waals surface area contributed by atoms with Crippen molar-refractivity contribution in [3.05, 3.63) is 95.3 Å². The molecule has 1 saturated heterocycles. The number of hydrogen-bond donors (Lipinski definition) is 2. The van der Waals surface area contributed by atoms with E-state index in [1.165, 1.54) is 18.4 Å². The molecule has 0 spiro atoms. The fourth-order valence-corrected chi connectivity index (χ4v) is 4.52. The molecular formula is C32H44N6O2. The SMILES string of the molecule is C=N\C=C/C(=C\C)C(=N/NC)/c1cccc(C(N)=O)c1.CN(C)C(=O)CC1CCCCN1CC1=CC=CCC=C1. The van der Waals surface area contributed by atoms with Crippen molar-refractivity contribution in [3.8, 4) is 0 Å². The highest BCUT2D eigenvalue weighted by atomic mass is 16.2. The summed E-state index contributed by atoms with van der Waals surface area (Å²) in [7, 11) is 5.40. The van der Waals surface area contributed by atoms with Gasteiger partial charge in [-0.3, -0.25) is 19.5 Å². The second-order valence-electron chi connectivity index (χ2n) is 9.79. The molecule has 2 aliphatic rings. The molecule has 1 aliphatic heterocycles. The van der Waals surface area contributed by atoms with Crippen LogP contribution in [0.5, 0.6) is 0 Å². The highest BCUT2D eigenvalue weighted by Crippen LogP contribution is 2.22. The Balaban J connectivity index is 0.000000280. The molecule has 1 aromatic carbocycles. The Labute approximate surface area is 239 Å². The topological polar surface area (TPSA) is 103 Å². The molecule has 1 atom stereocenters. The molecule has 8 nitrogen and oxygen atoms in total. The van der Waals surface area contributed by atoms with Gasteiger partial charge < -0.3 is 16.1 Å². The van der Waals surface area contributed by atoms with Crippen molar-refractivity contribution in [2.75, 3.05) is 34.2 Å². The maximum atomic E-state index is 12.0. The van der Waals surface area contributed by atoms with E-state index in [0.29, 0.717) is 23.7 Å². The molecule has 1 aliphatic carbocycles. The molecule has 0 saturated carbocycles. The van der Waals surface area contributed by atoms with Crippen molar-refractivity contribution in [1.82, 2.24) is 15.2 Å². The normalized spacial score (nSPS) is 17.9. The van der Waals surface area contributed by atoms with Crippen LogP contribution in [-0.4, -0.2) is 74.3 Å². The number of aliphatic imine (C=N–C) groups is 1. The lowest BCUT2D eigenvalue weighted by Crippen LogP contribution is -2.43. The number of amides is 2. The van der Waals surface area contributed by atoms with Crippen molar-refractivity contribution in [2.24, 2.45) is 15.8 Å². The molecule has 0 bridgehead atoms. The summed E-state index contributed by atoms with van der Waals surface area (Å²) in [4.78, 5) is 31.1. The van der Waals surface area contributed by atoms with Crippen LogP contribution in [0.2, 0.25) is 0 Å². The van der Waals surface area contributed by atoms with Crippen LogP contribution in [0.15, 0.2) is 94.2 Å². The van der Waals surface area contributed by atoms with Gasteiger partial charge in [-0.2, -0.15) is 5.10 Å². The van der Waals surface area contributed by atoms with Gasteiger partial charge in [0.25, 0.3) is 0 Å². The first-order valence-electron chi connectivity index (χ1n) is 13.7. The minimum atomic E-state index is -0.471. The highest BCUT2D eigenvalue weighted by molar-refractivity contribution is 6.15. The van der Waals surface area contributed by atoms with Gasteiger partial charge in [0.05, 0.1) is 5.71 Å². The van der Waals surface area contributed by atoms with Crippen molar-refractivity contribution in [2.45, 2.75) is 45.1 Å². The zero-order valence-corrected chi connectivity index (χ0v) is 24.3. The number of nitrogens with two attached hydrogens (primary N) is 1. The molecule has 40 heavy (non-hydrogen) atoms. The molecule has 8 heteroatoms. The van der Waals surface area contributed by atoms with E-state index in [-0.39, 0.29) is 5.91 Å². The molecule has 0 aromatic heterocycles. The number of hydrogen-bond acceptors (Lipinski definition) is 6.